The van der Waals surface area contributed by atoms with Crippen molar-refractivity contribution in [3.05, 3.63) is 29.8 Å². The molecule has 1 aromatic carbocycles. The number of amides is 1. The zero-order valence-corrected chi connectivity index (χ0v) is 12.1. The summed E-state index contributed by atoms with van der Waals surface area (Å²) in [5.74, 6) is 0.409. The van der Waals surface area contributed by atoms with Crippen molar-refractivity contribution in [1.29, 1.82) is 0 Å². The van der Waals surface area contributed by atoms with Crippen LogP contribution in [0.15, 0.2) is 29.2 Å². The van der Waals surface area contributed by atoms with E-state index in [1.54, 1.807) is 12.1 Å². The van der Waals surface area contributed by atoms with Gasteiger partial charge < -0.3 is 10.6 Å². The zero-order valence-electron chi connectivity index (χ0n) is 11.3. The molecule has 2 rings (SSSR count). The maximum absolute atomic E-state index is 11.9. The molecule has 0 radical (unpaired) electrons. The van der Waals surface area contributed by atoms with E-state index >= 15 is 0 Å². The Morgan fingerprint density at radius 1 is 1.40 bits per heavy atom. The van der Waals surface area contributed by atoms with Gasteiger partial charge in [-0.1, -0.05) is 19.1 Å². The Morgan fingerprint density at radius 2 is 2.00 bits per heavy atom. The molecule has 1 aliphatic rings. The molecule has 0 aromatic heterocycles. The first kappa shape index (κ1) is 15.0. The molecule has 110 valence electrons. The molecule has 1 aromatic rings. The fraction of sp³-hybridized carbons (Fsp3) is 0.462. The largest absolute Gasteiger partial charge is 0.352 e. The summed E-state index contributed by atoms with van der Waals surface area (Å²) >= 11 is 0. The lowest BCUT2D eigenvalue weighted by Gasteiger charge is -2.31. The van der Waals surface area contributed by atoms with Crippen LogP contribution >= 0.6 is 0 Å². The topological polar surface area (TPSA) is 101 Å². The maximum Gasteiger partial charge on any atom is 0.238 e. The van der Waals surface area contributed by atoms with Gasteiger partial charge in [-0.05, 0) is 36.7 Å². The van der Waals surface area contributed by atoms with Crippen molar-refractivity contribution < 1.29 is 13.2 Å². The quantitative estimate of drug-likeness (QED) is 0.701. The first-order valence-electron chi connectivity index (χ1n) is 6.48. The van der Waals surface area contributed by atoms with Crippen LogP contribution in [0.3, 0.4) is 0 Å². The van der Waals surface area contributed by atoms with E-state index in [2.05, 4.69) is 10.6 Å². The van der Waals surface area contributed by atoms with Crippen LogP contribution < -0.4 is 15.8 Å². The van der Waals surface area contributed by atoms with Crippen LogP contribution in [0.1, 0.15) is 12.5 Å². The smallest absolute Gasteiger partial charge is 0.238 e. The van der Waals surface area contributed by atoms with Crippen LogP contribution in [0.4, 0.5) is 0 Å². The number of carbonyl (C=O) groups is 1. The lowest BCUT2D eigenvalue weighted by atomic mass is 9.88. The summed E-state index contributed by atoms with van der Waals surface area (Å²) < 4.78 is 22.2. The molecular weight excluding hydrogens is 278 g/mol. The average molecular weight is 297 g/mol. The van der Waals surface area contributed by atoms with Gasteiger partial charge in [-0.3, -0.25) is 4.79 Å². The maximum atomic E-state index is 11.9. The number of benzene rings is 1. The minimum absolute atomic E-state index is 0.0139. The van der Waals surface area contributed by atoms with Crippen molar-refractivity contribution in [3.8, 4) is 0 Å². The van der Waals surface area contributed by atoms with Crippen LogP contribution in [-0.4, -0.2) is 27.4 Å². The average Bonchev–Trinajstić information content (AvgIpc) is 2.33. The highest BCUT2D eigenvalue weighted by Crippen LogP contribution is 2.16. The molecule has 1 aliphatic heterocycles. The van der Waals surface area contributed by atoms with Crippen molar-refractivity contribution in [2.24, 2.45) is 17.0 Å². The molecule has 0 bridgehead atoms. The first-order chi connectivity index (χ1) is 9.38. The van der Waals surface area contributed by atoms with E-state index in [-0.39, 0.29) is 16.7 Å². The number of carbonyl (C=O) groups excluding carboxylic acids is 1. The normalized spacial score (nSPS) is 17.3. The Morgan fingerprint density at radius 3 is 2.45 bits per heavy atom. The minimum atomic E-state index is -3.67. The number of rotatable bonds is 5. The summed E-state index contributed by atoms with van der Waals surface area (Å²) in [6.07, 6.45) is 0. The Kier molecular flexibility index (Phi) is 4.42. The van der Waals surface area contributed by atoms with E-state index in [9.17, 15) is 13.2 Å². The number of nitrogens with two attached hydrogens (primary N) is 1. The number of hydrogen-bond acceptors (Lipinski definition) is 4. The number of hydrogen-bond donors (Lipinski definition) is 3. The van der Waals surface area contributed by atoms with Crippen LogP contribution in [0.5, 0.6) is 0 Å². The SMILES string of the molecule is CC(C(=O)NCc1ccc(S(N)(=O)=O)cc1)C1CNC1. The van der Waals surface area contributed by atoms with Gasteiger partial charge in [0, 0.05) is 12.5 Å². The van der Waals surface area contributed by atoms with Gasteiger partial charge in [0.1, 0.15) is 0 Å². The van der Waals surface area contributed by atoms with Crippen molar-refractivity contribution in [2.45, 2.75) is 18.4 Å². The second-order valence-corrected chi connectivity index (χ2v) is 6.68. The molecule has 1 atom stereocenters. The Labute approximate surface area is 118 Å². The van der Waals surface area contributed by atoms with Crippen molar-refractivity contribution in [2.75, 3.05) is 13.1 Å². The molecule has 1 heterocycles. The molecule has 7 heteroatoms. The highest BCUT2D eigenvalue weighted by atomic mass is 32.2. The van der Waals surface area contributed by atoms with Crippen LogP contribution in [0.2, 0.25) is 0 Å². The molecule has 1 fully saturated rings. The monoisotopic (exact) mass is 297 g/mol. The van der Waals surface area contributed by atoms with Gasteiger partial charge in [0.05, 0.1) is 4.90 Å². The molecule has 1 unspecified atom stereocenters. The highest BCUT2D eigenvalue weighted by Gasteiger charge is 2.28. The van der Waals surface area contributed by atoms with Crippen LogP contribution in [-0.2, 0) is 21.4 Å². The lowest BCUT2D eigenvalue weighted by Crippen LogP contribution is -2.49. The van der Waals surface area contributed by atoms with Crippen molar-refractivity contribution >= 4 is 15.9 Å². The summed E-state index contributed by atoms with van der Waals surface area (Å²) in [4.78, 5) is 12.0. The van der Waals surface area contributed by atoms with Crippen LogP contribution in [0, 0.1) is 11.8 Å². The molecule has 20 heavy (non-hydrogen) atoms. The summed E-state index contributed by atoms with van der Waals surface area (Å²) in [5, 5.41) is 11.0. The fourth-order valence-corrected chi connectivity index (χ4v) is 2.54. The molecule has 0 saturated carbocycles. The van der Waals surface area contributed by atoms with Gasteiger partial charge in [-0.15, -0.1) is 0 Å². The molecule has 4 N–H and O–H groups in total. The van der Waals surface area contributed by atoms with E-state index in [1.807, 2.05) is 6.92 Å². The van der Waals surface area contributed by atoms with Crippen molar-refractivity contribution in [1.82, 2.24) is 10.6 Å². The minimum Gasteiger partial charge on any atom is -0.352 e. The molecule has 1 amide bonds. The van der Waals surface area contributed by atoms with Gasteiger partial charge in [-0.2, -0.15) is 0 Å². The third-order valence-corrected chi connectivity index (χ3v) is 4.58. The third kappa shape index (κ3) is 3.56. The molecular formula is C13H19N3O3S. The Bertz CT molecular complexity index is 579. The zero-order chi connectivity index (χ0) is 14.8. The number of primary sulfonamides is 1. The molecule has 0 spiro atoms. The molecule has 0 aliphatic carbocycles. The molecule has 1 saturated heterocycles. The Hall–Kier alpha value is -1.44. The summed E-state index contributed by atoms with van der Waals surface area (Å²) in [5.41, 5.74) is 0.838. The van der Waals surface area contributed by atoms with Crippen molar-refractivity contribution in [3.63, 3.8) is 0 Å². The second kappa shape index (κ2) is 5.90. The summed E-state index contributed by atoms with van der Waals surface area (Å²) in [6, 6.07) is 6.18. The highest BCUT2D eigenvalue weighted by molar-refractivity contribution is 7.89. The predicted octanol–water partition coefficient (Wildman–Crippen LogP) is -0.194. The second-order valence-electron chi connectivity index (χ2n) is 5.11. The van der Waals surface area contributed by atoms with Crippen LogP contribution in [0.25, 0.3) is 0 Å². The molecule has 6 nitrogen and oxygen atoms in total. The van der Waals surface area contributed by atoms with Gasteiger partial charge in [0.15, 0.2) is 0 Å². The van der Waals surface area contributed by atoms with Gasteiger partial charge in [0.2, 0.25) is 15.9 Å². The fourth-order valence-electron chi connectivity index (χ4n) is 2.03. The lowest BCUT2D eigenvalue weighted by molar-refractivity contribution is -0.126. The van der Waals surface area contributed by atoms with E-state index < -0.39 is 10.0 Å². The summed E-state index contributed by atoms with van der Waals surface area (Å²) in [7, 11) is -3.67. The van der Waals surface area contributed by atoms with Gasteiger partial charge in [-0.25, -0.2) is 13.6 Å². The van der Waals surface area contributed by atoms with E-state index in [0.717, 1.165) is 18.7 Å². The predicted molar refractivity (Wildman–Crippen MR) is 75.2 cm³/mol. The van der Waals surface area contributed by atoms with E-state index in [1.165, 1.54) is 12.1 Å². The summed E-state index contributed by atoms with van der Waals surface area (Å²) in [6.45, 7) is 4.08. The van der Waals surface area contributed by atoms with Gasteiger partial charge in [0.25, 0.3) is 0 Å². The Balaban J connectivity index is 1.89. The van der Waals surface area contributed by atoms with E-state index in [4.69, 9.17) is 5.14 Å². The first-order valence-corrected chi connectivity index (χ1v) is 8.03. The number of sulfonamides is 1. The van der Waals surface area contributed by atoms with E-state index in [0.29, 0.717) is 12.5 Å². The standard InChI is InChI=1S/C13H19N3O3S/c1-9(11-7-15-8-11)13(17)16-6-10-2-4-12(5-3-10)20(14,18)19/h2-5,9,11,15H,6-8H2,1H3,(H,16,17)(H2,14,18,19). The number of nitrogens with one attached hydrogen (secondary N) is 2. The third-order valence-electron chi connectivity index (χ3n) is 3.65. The van der Waals surface area contributed by atoms with Gasteiger partial charge >= 0.3 is 0 Å².